The minimum atomic E-state index is -0.789. The van der Waals surface area contributed by atoms with Gasteiger partial charge in [0.15, 0.2) is 0 Å². The van der Waals surface area contributed by atoms with Gasteiger partial charge in [-0.2, -0.15) is 0 Å². The Morgan fingerprint density at radius 2 is 2.25 bits per heavy atom. The molecule has 0 bridgehead atoms. The number of anilines is 1. The maximum Gasteiger partial charge on any atom is 0.327 e. The third-order valence-corrected chi connectivity index (χ3v) is 3.36. The lowest BCUT2D eigenvalue weighted by molar-refractivity contribution is -0.138. The number of nitrogens with zero attached hydrogens (tertiary/aromatic N) is 1. The van der Waals surface area contributed by atoms with Gasteiger partial charge in [0.05, 0.1) is 5.69 Å². The van der Waals surface area contributed by atoms with Crippen molar-refractivity contribution in [3.05, 3.63) is 28.7 Å². The molecule has 86 valence electrons. The van der Waals surface area contributed by atoms with E-state index in [0.717, 1.165) is 16.7 Å². The molecular formula is C11H13BrN2O2. The van der Waals surface area contributed by atoms with E-state index in [0.29, 0.717) is 13.1 Å². The number of hydrogen-bond donors (Lipinski definition) is 2. The zero-order chi connectivity index (χ0) is 11.5. The molecular weight excluding hydrogens is 272 g/mol. The average Bonchev–Trinajstić information content (AvgIpc) is 2.29. The third kappa shape index (κ3) is 2.20. The van der Waals surface area contributed by atoms with Crippen LogP contribution < -0.4 is 10.2 Å². The number of halogens is 1. The van der Waals surface area contributed by atoms with E-state index in [4.69, 9.17) is 5.11 Å². The van der Waals surface area contributed by atoms with Gasteiger partial charge in [-0.15, -0.1) is 0 Å². The van der Waals surface area contributed by atoms with Gasteiger partial charge in [-0.3, -0.25) is 0 Å². The highest BCUT2D eigenvalue weighted by molar-refractivity contribution is 9.10. The van der Waals surface area contributed by atoms with Crippen LogP contribution in [0.4, 0.5) is 5.69 Å². The number of carbonyl (C=O) groups is 1. The molecule has 1 aromatic carbocycles. The van der Waals surface area contributed by atoms with E-state index < -0.39 is 12.0 Å². The van der Waals surface area contributed by atoms with Crippen molar-refractivity contribution in [1.82, 2.24) is 5.32 Å². The lowest BCUT2D eigenvalue weighted by Gasteiger charge is -2.35. The first kappa shape index (κ1) is 11.4. The fourth-order valence-electron chi connectivity index (χ4n) is 1.90. The van der Waals surface area contributed by atoms with Crippen molar-refractivity contribution in [2.45, 2.75) is 6.04 Å². The van der Waals surface area contributed by atoms with Crippen molar-refractivity contribution < 1.29 is 9.90 Å². The van der Waals surface area contributed by atoms with E-state index >= 15 is 0 Å². The third-order valence-electron chi connectivity index (χ3n) is 2.69. The second-order valence-corrected chi connectivity index (χ2v) is 4.56. The fourth-order valence-corrected chi connectivity index (χ4v) is 2.41. The van der Waals surface area contributed by atoms with Gasteiger partial charge in [0.25, 0.3) is 0 Å². The molecule has 5 heteroatoms. The summed E-state index contributed by atoms with van der Waals surface area (Å²) in [6, 6.07) is 7.21. The van der Waals surface area contributed by atoms with E-state index in [1.54, 1.807) is 0 Å². The number of para-hydroxylation sites is 1. The van der Waals surface area contributed by atoms with Crippen molar-refractivity contribution in [2.75, 3.05) is 24.5 Å². The van der Waals surface area contributed by atoms with Crippen LogP contribution in [0, 0.1) is 0 Å². The Morgan fingerprint density at radius 3 is 2.94 bits per heavy atom. The van der Waals surface area contributed by atoms with E-state index in [1.807, 2.05) is 29.2 Å². The summed E-state index contributed by atoms with van der Waals surface area (Å²) < 4.78 is 0.933. The van der Waals surface area contributed by atoms with E-state index in [-0.39, 0.29) is 0 Å². The molecule has 0 amide bonds. The molecule has 1 aromatic rings. The fraction of sp³-hybridized carbons (Fsp3) is 0.364. The molecule has 1 atom stereocenters. The molecule has 2 rings (SSSR count). The van der Waals surface area contributed by atoms with Crippen LogP contribution in [0.2, 0.25) is 0 Å². The molecule has 0 radical (unpaired) electrons. The van der Waals surface area contributed by atoms with Crippen LogP contribution in [0.3, 0.4) is 0 Å². The summed E-state index contributed by atoms with van der Waals surface area (Å²) in [6.45, 7) is 2.00. The molecule has 1 heterocycles. The van der Waals surface area contributed by atoms with Crippen LogP contribution in [0.5, 0.6) is 0 Å². The first-order valence-electron chi connectivity index (χ1n) is 5.15. The quantitative estimate of drug-likeness (QED) is 0.860. The zero-order valence-corrected chi connectivity index (χ0v) is 10.3. The molecule has 0 saturated carbocycles. The number of carboxylic acids is 1. The van der Waals surface area contributed by atoms with Crippen LogP contribution in [-0.4, -0.2) is 36.8 Å². The van der Waals surface area contributed by atoms with Gasteiger partial charge < -0.3 is 15.3 Å². The molecule has 1 fully saturated rings. The molecule has 0 aromatic heterocycles. The monoisotopic (exact) mass is 284 g/mol. The summed E-state index contributed by atoms with van der Waals surface area (Å²) in [5.41, 5.74) is 0.941. The summed E-state index contributed by atoms with van der Waals surface area (Å²) in [7, 11) is 0. The zero-order valence-electron chi connectivity index (χ0n) is 8.69. The van der Waals surface area contributed by atoms with Gasteiger partial charge >= 0.3 is 5.97 Å². The van der Waals surface area contributed by atoms with Crippen LogP contribution in [-0.2, 0) is 4.79 Å². The maximum absolute atomic E-state index is 11.2. The van der Waals surface area contributed by atoms with Crippen molar-refractivity contribution in [3.63, 3.8) is 0 Å². The highest BCUT2D eigenvalue weighted by atomic mass is 79.9. The molecule has 4 nitrogen and oxygen atoms in total. The molecule has 0 aliphatic carbocycles. The minimum Gasteiger partial charge on any atom is -0.480 e. The Hall–Kier alpha value is -1.07. The first-order chi connectivity index (χ1) is 7.70. The van der Waals surface area contributed by atoms with Gasteiger partial charge in [0.1, 0.15) is 6.04 Å². The molecule has 1 unspecified atom stereocenters. The second-order valence-electron chi connectivity index (χ2n) is 3.70. The summed E-state index contributed by atoms with van der Waals surface area (Å²) in [5, 5.41) is 12.3. The lowest BCUT2D eigenvalue weighted by atomic mass is 10.1. The smallest absolute Gasteiger partial charge is 0.327 e. The first-order valence-corrected chi connectivity index (χ1v) is 5.94. The van der Waals surface area contributed by atoms with E-state index in [1.165, 1.54) is 0 Å². The largest absolute Gasteiger partial charge is 0.480 e. The Bertz CT molecular complexity index is 397. The number of carboxylic acid groups (broad SMARTS) is 1. The van der Waals surface area contributed by atoms with Crippen molar-refractivity contribution in [1.29, 1.82) is 0 Å². The number of piperazine rings is 1. The predicted octanol–water partition coefficient (Wildman–Crippen LogP) is 1.31. The second kappa shape index (κ2) is 4.84. The maximum atomic E-state index is 11.2. The van der Waals surface area contributed by atoms with Gasteiger partial charge in [-0.1, -0.05) is 12.1 Å². The van der Waals surface area contributed by atoms with Gasteiger partial charge in [-0.05, 0) is 28.1 Å². The number of rotatable bonds is 2. The summed E-state index contributed by atoms with van der Waals surface area (Å²) >= 11 is 3.45. The van der Waals surface area contributed by atoms with Crippen molar-refractivity contribution in [3.8, 4) is 0 Å². The Morgan fingerprint density at radius 1 is 1.50 bits per heavy atom. The summed E-state index contributed by atoms with van der Waals surface area (Å²) in [5.74, 6) is -0.789. The highest BCUT2D eigenvalue weighted by Gasteiger charge is 2.29. The van der Waals surface area contributed by atoms with Gasteiger partial charge in [0.2, 0.25) is 0 Å². The van der Waals surface area contributed by atoms with E-state index in [9.17, 15) is 4.79 Å². The molecule has 1 aliphatic rings. The Balaban J connectivity index is 2.30. The molecule has 1 saturated heterocycles. The topological polar surface area (TPSA) is 52.6 Å². The van der Waals surface area contributed by atoms with Crippen molar-refractivity contribution >= 4 is 27.6 Å². The molecule has 2 N–H and O–H groups in total. The normalized spacial score (nSPS) is 20.8. The lowest BCUT2D eigenvalue weighted by Crippen LogP contribution is -2.55. The summed E-state index contributed by atoms with van der Waals surface area (Å²) in [6.07, 6.45) is 0. The molecule has 1 aliphatic heterocycles. The Labute approximate surface area is 102 Å². The SMILES string of the molecule is O=C(O)C1CNCCN1c1ccccc1Br. The van der Waals surface area contributed by atoms with Crippen molar-refractivity contribution in [2.24, 2.45) is 0 Å². The van der Waals surface area contributed by atoms with E-state index in [2.05, 4.69) is 21.2 Å². The van der Waals surface area contributed by atoms with Crippen LogP contribution in [0.15, 0.2) is 28.7 Å². The average molecular weight is 285 g/mol. The van der Waals surface area contributed by atoms with Crippen LogP contribution in [0.25, 0.3) is 0 Å². The number of aliphatic carboxylic acids is 1. The minimum absolute atomic E-state index is 0.483. The van der Waals surface area contributed by atoms with Gasteiger partial charge in [0, 0.05) is 24.1 Å². The number of nitrogens with one attached hydrogen (secondary N) is 1. The summed E-state index contributed by atoms with van der Waals surface area (Å²) in [4.78, 5) is 13.1. The predicted molar refractivity (Wildman–Crippen MR) is 65.8 cm³/mol. The Kier molecular flexibility index (Phi) is 3.46. The number of hydrogen-bond acceptors (Lipinski definition) is 3. The highest BCUT2D eigenvalue weighted by Crippen LogP contribution is 2.27. The van der Waals surface area contributed by atoms with Gasteiger partial charge in [-0.25, -0.2) is 4.79 Å². The molecule has 16 heavy (non-hydrogen) atoms. The number of benzene rings is 1. The standard InChI is InChI=1S/C11H13BrN2O2/c12-8-3-1-2-4-9(8)14-6-5-13-7-10(14)11(15)16/h1-4,10,13H,5-7H2,(H,15,16). The van der Waals surface area contributed by atoms with Crippen LogP contribution in [0.1, 0.15) is 0 Å². The molecule has 0 spiro atoms. The van der Waals surface area contributed by atoms with Crippen LogP contribution >= 0.6 is 15.9 Å².